The molecule has 0 spiro atoms. The van der Waals surface area contributed by atoms with Crippen molar-refractivity contribution in [2.24, 2.45) is 0 Å². The minimum atomic E-state index is -0.135. The molecule has 0 saturated heterocycles. The predicted octanol–water partition coefficient (Wildman–Crippen LogP) is 0.522. The van der Waals surface area contributed by atoms with Crippen molar-refractivity contribution in [1.82, 2.24) is 14.9 Å². The zero-order valence-corrected chi connectivity index (χ0v) is 9.45. The Labute approximate surface area is 89.5 Å². The van der Waals surface area contributed by atoms with Crippen LogP contribution >= 0.6 is 0 Å². The van der Waals surface area contributed by atoms with Gasteiger partial charge in [0.25, 0.3) is 5.56 Å². The van der Waals surface area contributed by atoms with Gasteiger partial charge in [0, 0.05) is 25.2 Å². The monoisotopic (exact) mass is 210 g/mol. The van der Waals surface area contributed by atoms with Crippen molar-refractivity contribution in [3.63, 3.8) is 0 Å². The molecule has 5 heteroatoms. The summed E-state index contributed by atoms with van der Waals surface area (Å²) in [5.74, 6) is 0.621. The summed E-state index contributed by atoms with van der Waals surface area (Å²) in [5.41, 5.74) is -0.135. The molecule has 1 heterocycles. The average molecular weight is 210 g/mol. The zero-order valence-electron chi connectivity index (χ0n) is 9.45. The maximum absolute atomic E-state index is 10.9. The van der Waals surface area contributed by atoms with E-state index in [0.29, 0.717) is 11.9 Å². The van der Waals surface area contributed by atoms with Gasteiger partial charge in [0.2, 0.25) is 0 Å². The lowest BCUT2D eigenvalue weighted by Crippen LogP contribution is -2.31. The fraction of sp³-hybridized carbons (Fsp3) is 0.600. The second kappa shape index (κ2) is 5.50. The van der Waals surface area contributed by atoms with Gasteiger partial charge in [0.05, 0.1) is 6.33 Å². The minimum Gasteiger partial charge on any atom is -0.369 e. The highest BCUT2D eigenvalue weighted by Crippen LogP contribution is 1.96. The van der Waals surface area contributed by atoms with Gasteiger partial charge in [-0.2, -0.15) is 0 Å². The molecule has 5 nitrogen and oxygen atoms in total. The van der Waals surface area contributed by atoms with Crippen LogP contribution in [0.4, 0.5) is 5.82 Å². The first-order valence-electron chi connectivity index (χ1n) is 5.08. The largest absolute Gasteiger partial charge is 0.369 e. The summed E-state index contributed by atoms with van der Waals surface area (Å²) >= 11 is 0. The van der Waals surface area contributed by atoms with E-state index in [1.165, 1.54) is 12.4 Å². The molecule has 0 aromatic carbocycles. The van der Waals surface area contributed by atoms with Crippen LogP contribution < -0.4 is 10.9 Å². The first-order valence-corrected chi connectivity index (χ1v) is 5.08. The summed E-state index contributed by atoms with van der Waals surface area (Å²) < 4.78 is 0. The molecule has 1 aromatic rings. The van der Waals surface area contributed by atoms with Crippen molar-refractivity contribution in [1.29, 1.82) is 0 Å². The summed E-state index contributed by atoms with van der Waals surface area (Å²) in [7, 11) is 2.07. The van der Waals surface area contributed by atoms with Gasteiger partial charge >= 0.3 is 0 Å². The normalized spacial score (nSPS) is 11.0. The molecule has 0 aliphatic heterocycles. The maximum Gasteiger partial charge on any atom is 0.252 e. The summed E-state index contributed by atoms with van der Waals surface area (Å²) in [6.07, 6.45) is 1.40. The molecule has 0 saturated carbocycles. The number of likely N-dealkylation sites (N-methyl/N-ethyl adjacent to an activating group) is 1. The second-order valence-corrected chi connectivity index (χ2v) is 3.80. The number of hydrogen-bond donors (Lipinski definition) is 2. The van der Waals surface area contributed by atoms with Gasteiger partial charge in [-0.1, -0.05) is 0 Å². The lowest BCUT2D eigenvalue weighted by Gasteiger charge is -2.20. The Bertz CT molecular complexity index is 347. The van der Waals surface area contributed by atoms with Crippen LogP contribution in [0.15, 0.2) is 17.2 Å². The topological polar surface area (TPSA) is 61.0 Å². The van der Waals surface area contributed by atoms with Crippen molar-refractivity contribution in [2.75, 3.05) is 25.5 Å². The molecule has 1 aromatic heterocycles. The van der Waals surface area contributed by atoms with E-state index in [-0.39, 0.29) is 5.56 Å². The summed E-state index contributed by atoms with van der Waals surface area (Å²) in [6.45, 7) is 5.99. The van der Waals surface area contributed by atoms with E-state index in [4.69, 9.17) is 0 Å². The van der Waals surface area contributed by atoms with Crippen molar-refractivity contribution in [3.05, 3.63) is 22.7 Å². The highest BCUT2D eigenvalue weighted by atomic mass is 16.1. The van der Waals surface area contributed by atoms with Crippen LogP contribution in [-0.4, -0.2) is 41.0 Å². The molecule has 0 fully saturated rings. The summed E-state index contributed by atoms with van der Waals surface area (Å²) in [6, 6.07) is 1.98. The fourth-order valence-electron chi connectivity index (χ4n) is 1.08. The Morgan fingerprint density at radius 1 is 1.60 bits per heavy atom. The summed E-state index contributed by atoms with van der Waals surface area (Å²) in [4.78, 5) is 19.6. The molecule has 0 amide bonds. The zero-order chi connectivity index (χ0) is 11.3. The molecule has 0 aliphatic carbocycles. The van der Waals surface area contributed by atoms with E-state index >= 15 is 0 Å². The number of hydrogen-bond acceptors (Lipinski definition) is 4. The van der Waals surface area contributed by atoms with Gasteiger partial charge in [-0.25, -0.2) is 4.98 Å². The van der Waals surface area contributed by atoms with Gasteiger partial charge in [0.15, 0.2) is 0 Å². The Morgan fingerprint density at radius 3 is 2.93 bits per heavy atom. The van der Waals surface area contributed by atoms with Crippen molar-refractivity contribution in [2.45, 2.75) is 19.9 Å². The Balaban J connectivity index is 2.35. The third-order valence-electron chi connectivity index (χ3n) is 2.33. The van der Waals surface area contributed by atoms with Crippen molar-refractivity contribution >= 4 is 5.82 Å². The highest BCUT2D eigenvalue weighted by Gasteiger charge is 2.02. The van der Waals surface area contributed by atoms with E-state index in [2.05, 4.69) is 41.1 Å². The smallest absolute Gasteiger partial charge is 0.252 e. The first kappa shape index (κ1) is 11.7. The Morgan fingerprint density at radius 2 is 2.33 bits per heavy atom. The van der Waals surface area contributed by atoms with E-state index in [1.54, 1.807) is 0 Å². The SMILES string of the molecule is CC(C)N(C)CCNc1cc(=O)[nH]cn1. The van der Waals surface area contributed by atoms with E-state index in [9.17, 15) is 4.79 Å². The molecule has 0 aliphatic rings. The quantitative estimate of drug-likeness (QED) is 0.744. The molecule has 0 unspecified atom stereocenters. The van der Waals surface area contributed by atoms with E-state index in [0.717, 1.165) is 13.1 Å². The number of anilines is 1. The van der Waals surface area contributed by atoms with Gasteiger partial charge in [-0.05, 0) is 20.9 Å². The number of aromatic nitrogens is 2. The fourth-order valence-corrected chi connectivity index (χ4v) is 1.08. The van der Waals surface area contributed by atoms with Crippen LogP contribution in [0.3, 0.4) is 0 Å². The highest BCUT2D eigenvalue weighted by molar-refractivity contribution is 5.31. The molecule has 1 rings (SSSR count). The van der Waals surface area contributed by atoms with Gasteiger partial charge in [-0.3, -0.25) is 4.79 Å². The lowest BCUT2D eigenvalue weighted by atomic mass is 10.3. The number of aromatic amines is 1. The average Bonchev–Trinajstić information content (AvgIpc) is 2.17. The molecule has 0 radical (unpaired) electrons. The van der Waals surface area contributed by atoms with Crippen molar-refractivity contribution in [3.8, 4) is 0 Å². The van der Waals surface area contributed by atoms with Crippen LogP contribution in [0, 0.1) is 0 Å². The van der Waals surface area contributed by atoms with Gasteiger partial charge in [-0.15, -0.1) is 0 Å². The predicted molar refractivity (Wildman–Crippen MR) is 61.1 cm³/mol. The molecule has 15 heavy (non-hydrogen) atoms. The first-order chi connectivity index (χ1) is 7.09. The number of rotatable bonds is 5. The maximum atomic E-state index is 10.9. The molecular formula is C10H18N4O. The lowest BCUT2D eigenvalue weighted by molar-refractivity contribution is 0.284. The Kier molecular flexibility index (Phi) is 4.30. The number of nitrogens with zero attached hydrogens (tertiary/aromatic N) is 2. The Hall–Kier alpha value is -1.36. The standard InChI is InChI=1S/C10H18N4O/c1-8(2)14(3)5-4-11-9-6-10(15)13-7-12-9/h6-8H,4-5H2,1-3H3,(H2,11,12,13,15). The molecule has 0 bridgehead atoms. The molecule has 0 atom stereocenters. The molecule has 2 N–H and O–H groups in total. The number of nitrogens with one attached hydrogen (secondary N) is 2. The van der Waals surface area contributed by atoms with Crippen molar-refractivity contribution < 1.29 is 0 Å². The van der Waals surface area contributed by atoms with Gasteiger partial charge < -0.3 is 15.2 Å². The number of H-pyrrole nitrogens is 1. The molecular weight excluding hydrogens is 192 g/mol. The second-order valence-electron chi connectivity index (χ2n) is 3.80. The van der Waals surface area contributed by atoms with Crippen LogP contribution in [0.25, 0.3) is 0 Å². The van der Waals surface area contributed by atoms with E-state index in [1.807, 2.05) is 0 Å². The van der Waals surface area contributed by atoms with Gasteiger partial charge in [0.1, 0.15) is 5.82 Å². The van der Waals surface area contributed by atoms with Crippen LogP contribution in [-0.2, 0) is 0 Å². The minimum absolute atomic E-state index is 0.135. The van der Waals surface area contributed by atoms with E-state index < -0.39 is 0 Å². The third kappa shape index (κ3) is 4.12. The molecule has 84 valence electrons. The van der Waals surface area contributed by atoms with Crippen LogP contribution in [0.2, 0.25) is 0 Å². The summed E-state index contributed by atoms with van der Waals surface area (Å²) in [5, 5.41) is 3.10. The van der Waals surface area contributed by atoms with Crippen LogP contribution in [0.5, 0.6) is 0 Å². The third-order valence-corrected chi connectivity index (χ3v) is 2.33. The van der Waals surface area contributed by atoms with Crippen LogP contribution in [0.1, 0.15) is 13.8 Å².